The molecule has 1 fully saturated rings. The zero-order valence-corrected chi connectivity index (χ0v) is 14.8. The highest BCUT2D eigenvalue weighted by atomic mass is 79.9. The van der Waals surface area contributed by atoms with E-state index in [9.17, 15) is 9.59 Å². The molecule has 0 bridgehead atoms. The molecule has 1 aliphatic rings. The van der Waals surface area contributed by atoms with Gasteiger partial charge in [0.05, 0.1) is 23.5 Å². The topological polar surface area (TPSA) is 78.9 Å². The van der Waals surface area contributed by atoms with E-state index in [1.54, 1.807) is 12.0 Å². The van der Waals surface area contributed by atoms with Crippen LogP contribution in [0, 0.1) is 5.92 Å². The van der Waals surface area contributed by atoms with Crippen molar-refractivity contribution in [1.82, 2.24) is 10.2 Å². The molecule has 7 heteroatoms. The first-order valence-electron chi connectivity index (χ1n) is 7.54. The number of likely N-dealkylation sites (tertiary alicyclic amines) is 1. The average molecular weight is 385 g/mol. The normalized spacial score (nSPS) is 16.7. The van der Waals surface area contributed by atoms with Crippen molar-refractivity contribution in [3.8, 4) is 5.75 Å². The molecule has 1 saturated heterocycles. The van der Waals surface area contributed by atoms with Crippen molar-refractivity contribution in [2.24, 2.45) is 5.92 Å². The van der Waals surface area contributed by atoms with Gasteiger partial charge in [0, 0.05) is 13.1 Å². The van der Waals surface area contributed by atoms with Crippen LogP contribution in [0.4, 0.5) is 4.79 Å². The number of piperidine rings is 1. The minimum Gasteiger partial charge on any atom is -0.496 e. The van der Waals surface area contributed by atoms with Gasteiger partial charge in [-0.3, -0.25) is 4.79 Å². The number of amides is 2. The lowest BCUT2D eigenvalue weighted by Crippen LogP contribution is -2.46. The Morgan fingerprint density at radius 3 is 2.57 bits per heavy atom. The minimum absolute atomic E-state index is 0.151. The summed E-state index contributed by atoms with van der Waals surface area (Å²) in [6, 6.07) is 5.36. The van der Waals surface area contributed by atoms with Crippen LogP contribution in [0.1, 0.15) is 31.4 Å². The number of hydrogen-bond donors (Lipinski definition) is 2. The van der Waals surface area contributed by atoms with Crippen molar-refractivity contribution in [1.29, 1.82) is 0 Å². The molecule has 0 aliphatic carbocycles. The Labute approximate surface area is 143 Å². The fourth-order valence-electron chi connectivity index (χ4n) is 2.64. The molecule has 1 atom stereocenters. The maximum absolute atomic E-state index is 12.3. The van der Waals surface area contributed by atoms with Gasteiger partial charge >= 0.3 is 12.0 Å². The van der Waals surface area contributed by atoms with Gasteiger partial charge in [-0.1, -0.05) is 6.07 Å². The molecule has 6 nitrogen and oxygen atoms in total. The predicted octanol–water partition coefficient (Wildman–Crippen LogP) is 3.02. The number of aliphatic carboxylic acids is 1. The molecule has 1 aromatic rings. The summed E-state index contributed by atoms with van der Waals surface area (Å²) in [4.78, 5) is 24.9. The number of carbonyl (C=O) groups is 2. The SMILES string of the molecule is COc1ccc(C(C)NC(=O)N2CCC(C(=O)O)CC2)cc1Br. The number of nitrogens with zero attached hydrogens (tertiary/aromatic N) is 1. The van der Waals surface area contributed by atoms with Crippen LogP contribution in [-0.2, 0) is 4.79 Å². The molecule has 0 radical (unpaired) electrons. The van der Waals surface area contributed by atoms with Crippen molar-refractivity contribution < 1.29 is 19.4 Å². The fourth-order valence-corrected chi connectivity index (χ4v) is 3.20. The smallest absolute Gasteiger partial charge is 0.317 e. The lowest BCUT2D eigenvalue weighted by Gasteiger charge is -2.31. The van der Waals surface area contributed by atoms with Crippen LogP contribution < -0.4 is 10.1 Å². The van der Waals surface area contributed by atoms with E-state index in [1.165, 1.54) is 0 Å². The van der Waals surface area contributed by atoms with Crippen LogP contribution in [-0.4, -0.2) is 42.2 Å². The van der Waals surface area contributed by atoms with Gasteiger partial charge in [-0.05, 0) is 53.4 Å². The molecule has 2 rings (SSSR count). The summed E-state index contributed by atoms with van der Waals surface area (Å²) in [7, 11) is 1.60. The van der Waals surface area contributed by atoms with Crippen LogP contribution in [0.2, 0.25) is 0 Å². The molecule has 1 aromatic carbocycles. The molecule has 0 spiro atoms. The first-order valence-corrected chi connectivity index (χ1v) is 8.33. The van der Waals surface area contributed by atoms with E-state index < -0.39 is 5.97 Å². The van der Waals surface area contributed by atoms with Gasteiger partial charge in [-0.2, -0.15) is 0 Å². The number of halogens is 1. The Morgan fingerprint density at radius 1 is 1.39 bits per heavy atom. The van der Waals surface area contributed by atoms with E-state index in [4.69, 9.17) is 9.84 Å². The molecule has 1 aliphatic heterocycles. The molecule has 126 valence electrons. The first kappa shape index (κ1) is 17.6. The Bertz CT molecular complexity index is 585. The number of carboxylic acid groups (broad SMARTS) is 1. The van der Waals surface area contributed by atoms with E-state index in [0.29, 0.717) is 25.9 Å². The van der Waals surface area contributed by atoms with Crippen LogP contribution >= 0.6 is 15.9 Å². The van der Waals surface area contributed by atoms with Crippen molar-refractivity contribution in [2.45, 2.75) is 25.8 Å². The molecule has 1 heterocycles. The Hall–Kier alpha value is -1.76. The zero-order valence-electron chi connectivity index (χ0n) is 13.2. The monoisotopic (exact) mass is 384 g/mol. The third-order valence-corrected chi connectivity index (χ3v) is 4.77. The van der Waals surface area contributed by atoms with Crippen LogP contribution in [0.25, 0.3) is 0 Å². The van der Waals surface area contributed by atoms with E-state index in [0.717, 1.165) is 15.8 Å². The van der Waals surface area contributed by atoms with E-state index >= 15 is 0 Å². The van der Waals surface area contributed by atoms with E-state index in [2.05, 4.69) is 21.2 Å². The molecular formula is C16H21BrN2O4. The zero-order chi connectivity index (χ0) is 17.0. The summed E-state index contributed by atoms with van der Waals surface area (Å²) in [5.41, 5.74) is 0.964. The number of rotatable bonds is 4. The number of carbonyl (C=O) groups excluding carboxylic acids is 1. The number of methoxy groups -OCH3 is 1. The molecule has 1 unspecified atom stereocenters. The standard InChI is InChI=1S/C16H21BrN2O4/c1-10(12-3-4-14(23-2)13(17)9-12)18-16(22)19-7-5-11(6-8-19)15(20)21/h3-4,9-11H,5-8H2,1-2H3,(H,18,22)(H,20,21). The summed E-state index contributed by atoms with van der Waals surface area (Å²) in [5, 5.41) is 11.9. The summed E-state index contributed by atoms with van der Waals surface area (Å²) in [6.07, 6.45) is 1.01. The van der Waals surface area contributed by atoms with Crippen molar-refractivity contribution in [3.63, 3.8) is 0 Å². The Kier molecular flexibility index (Phi) is 5.87. The van der Waals surface area contributed by atoms with E-state index in [1.807, 2.05) is 25.1 Å². The molecule has 0 aromatic heterocycles. The summed E-state index contributed by atoms with van der Waals surface area (Å²) < 4.78 is 6.03. The highest BCUT2D eigenvalue weighted by molar-refractivity contribution is 9.10. The van der Waals surface area contributed by atoms with Crippen LogP contribution in [0.3, 0.4) is 0 Å². The van der Waals surface area contributed by atoms with Gasteiger partial charge in [-0.25, -0.2) is 4.79 Å². The highest BCUT2D eigenvalue weighted by Crippen LogP contribution is 2.28. The molecule has 23 heavy (non-hydrogen) atoms. The number of benzene rings is 1. The third-order valence-electron chi connectivity index (χ3n) is 4.15. The molecule has 0 saturated carbocycles. The largest absolute Gasteiger partial charge is 0.496 e. The average Bonchev–Trinajstić information content (AvgIpc) is 2.54. The summed E-state index contributed by atoms with van der Waals surface area (Å²) in [6.45, 7) is 2.86. The van der Waals surface area contributed by atoms with Gasteiger partial charge in [0.2, 0.25) is 0 Å². The second-order valence-corrected chi connectivity index (χ2v) is 6.52. The quantitative estimate of drug-likeness (QED) is 0.835. The number of carboxylic acids is 1. The number of hydrogen-bond acceptors (Lipinski definition) is 3. The number of urea groups is 1. The van der Waals surface area contributed by atoms with Gasteiger partial charge in [-0.15, -0.1) is 0 Å². The summed E-state index contributed by atoms with van der Waals surface area (Å²) >= 11 is 3.43. The van der Waals surface area contributed by atoms with Crippen molar-refractivity contribution in [2.75, 3.05) is 20.2 Å². The minimum atomic E-state index is -0.776. The van der Waals surface area contributed by atoms with Gasteiger partial charge in [0.25, 0.3) is 0 Å². The van der Waals surface area contributed by atoms with Crippen LogP contribution in [0.5, 0.6) is 5.75 Å². The first-order chi connectivity index (χ1) is 10.9. The number of ether oxygens (including phenoxy) is 1. The second kappa shape index (κ2) is 7.68. The Balaban J connectivity index is 1.92. The number of nitrogens with one attached hydrogen (secondary N) is 1. The molecular weight excluding hydrogens is 364 g/mol. The van der Waals surface area contributed by atoms with E-state index in [-0.39, 0.29) is 18.0 Å². The molecule has 2 N–H and O–H groups in total. The Morgan fingerprint density at radius 2 is 2.04 bits per heavy atom. The summed E-state index contributed by atoms with van der Waals surface area (Å²) in [5.74, 6) is -0.376. The highest BCUT2D eigenvalue weighted by Gasteiger charge is 2.27. The molecule has 2 amide bonds. The lowest BCUT2D eigenvalue weighted by molar-refractivity contribution is -0.143. The van der Waals surface area contributed by atoms with Crippen molar-refractivity contribution in [3.05, 3.63) is 28.2 Å². The second-order valence-electron chi connectivity index (χ2n) is 5.66. The van der Waals surface area contributed by atoms with Gasteiger partial charge in [0.15, 0.2) is 0 Å². The lowest BCUT2D eigenvalue weighted by atomic mass is 9.97. The maximum atomic E-state index is 12.3. The third kappa shape index (κ3) is 4.37. The van der Waals surface area contributed by atoms with Crippen molar-refractivity contribution >= 4 is 27.9 Å². The maximum Gasteiger partial charge on any atom is 0.317 e. The van der Waals surface area contributed by atoms with Gasteiger partial charge < -0.3 is 20.1 Å². The van der Waals surface area contributed by atoms with Gasteiger partial charge in [0.1, 0.15) is 5.75 Å². The fraction of sp³-hybridized carbons (Fsp3) is 0.500. The van der Waals surface area contributed by atoms with Crippen LogP contribution in [0.15, 0.2) is 22.7 Å². The predicted molar refractivity (Wildman–Crippen MR) is 89.6 cm³/mol.